The minimum Gasteiger partial charge on any atom is -0.497 e. The fourth-order valence-electron chi connectivity index (χ4n) is 1.01. The Balaban J connectivity index is 2.46. The number of ether oxygens (including phenoxy) is 3. The van der Waals surface area contributed by atoms with Crippen molar-refractivity contribution in [1.82, 2.24) is 0 Å². The normalized spacial score (nSPS) is 10.0. The maximum atomic E-state index is 5.19. The molecule has 0 N–H and O–H groups in total. The van der Waals surface area contributed by atoms with Crippen LogP contribution in [0.2, 0.25) is 0 Å². The topological polar surface area (TPSA) is 27.7 Å². The molecule has 0 unspecified atom stereocenters. The quantitative estimate of drug-likeness (QED) is 0.513. The van der Waals surface area contributed by atoms with Gasteiger partial charge in [-0.2, -0.15) is 0 Å². The van der Waals surface area contributed by atoms with Crippen LogP contribution in [0, 0.1) is 0 Å². The molecule has 72 valence electrons. The molecule has 0 aliphatic carbocycles. The zero-order valence-corrected chi connectivity index (χ0v) is 7.95. The molecule has 0 bridgehead atoms. The Bertz CT molecular complexity index is 248. The van der Waals surface area contributed by atoms with Crippen molar-refractivity contribution >= 4 is 0 Å². The minimum absolute atomic E-state index is 0.317. The molecule has 0 saturated carbocycles. The molecule has 0 aliphatic heterocycles. The van der Waals surface area contributed by atoms with Crippen molar-refractivity contribution in [1.29, 1.82) is 0 Å². The summed E-state index contributed by atoms with van der Waals surface area (Å²) in [6.07, 6.45) is 0. The Kier molecular flexibility index (Phi) is 4.29. The second kappa shape index (κ2) is 5.56. The third-order valence-corrected chi connectivity index (χ3v) is 1.60. The summed E-state index contributed by atoms with van der Waals surface area (Å²) in [5.41, 5.74) is 1.08. The summed E-state index contributed by atoms with van der Waals surface area (Å²) in [4.78, 5) is 0. The van der Waals surface area contributed by atoms with Gasteiger partial charge < -0.3 is 14.2 Å². The van der Waals surface area contributed by atoms with Crippen molar-refractivity contribution in [2.45, 2.75) is 6.61 Å². The molecule has 1 aromatic carbocycles. The summed E-state index contributed by atoms with van der Waals surface area (Å²) in [6.45, 7) is 0.863. The number of hydrogen-bond acceptors (Lipinski definition) is 3. The molecule has 3 nitrogen and oxygen atoms in total. The molecule has 0 fully saturated rings. The van der Waals surface area contributed by atoms with Gasteiger partial charge in [0.25, 0.3) is 0 Å². The highest BCUT2D eigenvalue weighted by atomic mass is 16.7. The van der Waals surface area contributed by atoms with Gasteiger partial charge >= 0.3 is 0 Å². The van der Waals surface area contributed by atoms with E-state index in [4.69, 9.17) is 14.2 Å². The van der Waals surface area contributed by atoms with E-state index in [-0.39, 0.29) is 0 Å². The van der Waals surface area contributed by atoms with Crippen LogP contribution >= 0.6 is 0 Å². The molecular formula is C10H14O3. The molecule has 1 aromatic rings. The predicted molar refractivity (Wildman–Crippen MR) is 49.7 cm³/mol. The lowest BCUT2D eigenvalue weighted by atomic mass is 10.2. The third-order valence-electron chi connectivity index (χ3n) is 1.60. The van der Waals surface area contributed by atoms with Crippen molar-refractivity contribution in [3.63, 3.8) is 0 Å². The van der Waals surface area contributed by atoms with Crippen molar-refractivity contribution < 1.29 is 14.2 Å². The fraction of sp³-hybridized carbons (Fsp3) is 0.400. The zero-order valence-electron chi connectivity index (χ0n) is 7.95. The Labute approximate surface area is 78.2 Å². The average molecular weight is 182 g/mol. The molecule has 0 amide bonds. The van der Waals surface area contributed by atoms with E-state index in [1.807, 2.05) is 24.3 Å². The predicted octanol–water partition coefficient (Wildman–Crippen LogP) is 1.82. The number of methoxy groups -OCH3 is 2. The van der Waals surface area contributed by atoms with Crippen LogP contribution in [0.25, 0.3) is 0 Å². The molecule has 1 rings (SSSR count). The second-order valence-corrected chi connectivity index (χ2v) is 2.61. The van der Waals surface area contributed by atoms with E-state index in [1.165, 1.54) is 0 Å². The first kappa shape index (κ1) is 10.0. The summed E-state index contributed by atoms with van der Waals surface area (Å²) in [5.74, 6) is 0.846. The van der Waals surface area contributed by atoms with Gasteiger partial charge in [-0.25, -0.2) is 0 Å². The number of rotatable bonds is 5. The first-order valence-corrected chi connectivity index (χ1v) is 4.06. The van der Waals surface area contributed by atoms with Crippen LogP contribution in [0.3, 0.4) is 0 Å². The van der Waals surface area contributed by atoms with Gasteiger partial charge in [0.1, 0.15) is 12.5 Å². The van der Waals surface area contributed by atoms with Crippen LogP contribution in [0.4, 0.5) is 0 Å². The van der Waals surface area contributed by atoms with Crippen molar-refractivity contribution in [3.05, 3.63) is 29.8 Å². The molecule has 13 heavy (non-hydrogen) atoms. The lowest BCUT2D eigenvalue weighted by molar-refractivity contribution is -0.0391. The summed E-state index contributed by atoms with van der Waals surface area (Å²) < 4.78 is 15.0. The van der Waals surface area contributed by atoms with Gasteiger partial charge in [0.2, 0.25) is 0 Å². The highest BCUT2D eigenvalue weighted by Crippen LogP contribution is 2.12. The second-order valence-electron chi connectivity index (χ2n) is 2.61. The minimum atomic E-state index is 0.317. The van der Waals surface area contributed by atoms with Crippen LogP contribution in [0.15, 0.2) is 24.3 Å². The standard InChI is InChI=1S/C10H14O3/c1-11-8-13-7-9-4-3-5-10(6-9)12-2/h3-6H,7-8H2,1-2H3. The van der Waals surface area contributed by atoms with Crippen LogP contribution in [0.1, 0.15) is 5.56 Å². The Hall–Kier alpha value is -1.06. The van der Waals surface area contributed by atoms with E-state index >= 15 is 0 Å². The van der Waals surface area contributed by atoms with Crippen LogP contribution in [-0.2, 0) is 16.1 Å². The van der Waals surface area contributed by atoms with Crippen molar-refractivity contribution in [2.24, 2.45) is 0 Å². The summed E-state index contributed by atoms with van der Waals surface area (Å²) >= 11 is 0. The monoisotopic (exact) mass is 182 g/mol. The Morgan fingerprint density at radius 1 is 1.23 bits per heavy atom. The zero-order chi connectivity index (χ0) is 9.52. The molecule has 0 saturated heterocycles. The van der Waals surface area contributed by atoms with E-state index in [2.05, 4.69) is 0 Å². The molecule has 0 atom stereocenters. The molecule has 0 spiro atoms. The first-order chi connectivity index (χ1) is 6.36. The molecule has 0 heterocycles. The summed E-state index contributed by atoms with van der Waals surface area (Å²) in [7, 11) is 3.25. The van der Waals surface area contributed by atoms with Gasteiger partial charge in [0.05, 0.1) is 13.7 Å². The first-order valence-electron chi connectivity index (χ1n) is 4.06. The van der Waals surface area contributed by atoms with E-state index in [1.54, 1.807) is 14.2 Å². The molecule has 3 heteroatoms. The van der Waals surface area contributed by atoms with Gasteiger partial charge in [0, 0.05) is 7.11 Å². The van der Waals surface area contributed by atoms with Gasteiger partial charge in [-0.15, -0.1) is 0 Å². The summed E-state index contributed by atoms with van der Waals surface area (Å²) in [6, 6.07) is 7.76. The maximum absolute atomic E-state index is 5.19. The molecule has 0 radical (unpaired) electrons. The molecule has 0 aromatic heterocycles. The lowest BCUT2D eigenvalue weighted by Crippen LogP contribution is -1.97. The smallest absolute Gasteiger partial charge is 0.146 e. The van der Waals surface area contributed by atoms with Gasteiger partial charge in [-0.3, -0.25) is 0 Å². The van der Waals surface area contributed by atoms with E-state index in [0.29, 0.717) is 13.4 Å². The molecular weight excluding hydrogens is 168 g/mol. The SMILES string of the molecule is COCOCc1cccc(OC)c1. The van der Waals surface area contributed by atoms with Gasteiger partial charge in [-0.1, -0.05) is 12.1 Å². The van der Waals surface area contributed by atoms with Crippen LogP contribution in [-0.4, -0.2) is 21.0 Å². The fourth-order valence-corrected chi connectivity index (χ4v) is 1.01. The maximum Gasteiger partial charge on any atom is 0.146 e. The highest BCUT2D eigenvalue weighted by Gasteiger charge is 1.95. The largest absolute Gasteiger partial charge is 0.497 e. The van der Waals surface area contributed by atoms with Crippen molar-refractivity contribution in [3.8, 4) is 5.75 Å². The summed E-state index contributed by atoms with van der Waals surface area (Å²) in [5, 5.41) is 0. The van der Waals surface area contributed by atoms with E-state index < -0.39 is 0 Å². The number of benzene rings is 1. The van der Waals surface area contributed by atoms with Crippen LogP contribution in [0.5, 0.6) is 5.75 Å². The van der Waals surface area contributed by atoms with Crippen molar-refractivity contribution in [2.75, 3.05) is 21.0 Å². The number of hydrogen-bond donors (Lipinski definition) is 0. The van der Waals surface area contributed by atoms with Gasteiger partial charge in [-0.05, 0) is 17.7 Å². The Morgan fingerprint density at radius 3 is 2.77 bits per heavy atom. The molecule has 0 aliphatic rings. The highest BCUT2D eigenvalue weighted by molar-refractivity contribution is 5.27. The van der Waals surface area contributed by atoms with Crippen LogP contribution < -0.4 is 4.74 Å². The average Bonchev–Trinajstić information content (AvgIpc) is 2.19. The third kappa shape index (κ3) is 3.44. The van der Waals surface area contributed by atoms with E-state index in [0.717, 1.165) is 11.3 Å². The lowest BCUT2D eigenvalue weighted by Gasteiger charge is -2.04. The Morgan fingerprint density at radius 2 is 2.08 bits per heavy atom. The van der Waals surface area contributed by atoms with E-state index in [9.17, 15) is 0 Å². The van der Waals surface area contributed by atoms with Gasteiger partial charge in [0.15, 0.2) is 0 Å².